The Morgan fingerprint density at radius 1 is 1.62 bits per heavy atom. The van der Waals surface area contributed by atoms with Gasteiger partial charge in [0.05, 0.1) is 0 Å². The third-order valence-corrected chi connectivity index (χ3v) is 2.80. The van der Waals surface area contributed by atoms with E-state index in [-0.39, 0.29) is 12.0 Å². The molecule has 0 heterocycles. The van der Waals surface area contributed by atoms with E-state index in [1.807, 2.05) is 0 Å². The van der Waals surface area contributed by atoms with Gasteiger partial charge in [0.25, 0.3) is 0 Å². The maximum absolute atomic E-state index is 11.2. The summed E-state index contributed by atoms with van der Waals surface area (Å²) in [5, 5.41) is 2.87. The molecule has 1 unspecified atom stereocenters. The zero-order valence-electron chi connectivity index (χ0n) is 8.51. The van der Waals surface area contributed by atoms with Crippen LogP contribution in [0.2, 0.25) is 0 Å². The van der Waals surface area contributed by atoms with E-state index in [2.05, 4.69) is 5.32 Å². The normalized spacial score (nSPS) is 19.2. The summed E-state index contributed by atoms with van der Waals surface area (Å²) in [7, 11) is 1.55. The second-order valence-electron chi connectivity index (χ2n) is 3.75. The molecule has 0 aromatic heterocycles. The van der Waals surface area contributed by atoms with Crippen molar-refractivity contribution in [1.29, 1.82) is 0 Å². The van der Waals surface area contributed by atoms with Gasteiger partial charge in [0.1, 0.15) is 6.10 Å². The fraction of sp³-hybridized carbons (Fsp3) is 0.900. The van der Waals surface area contributed by atoms with E-state index in [0.29, 0.717) is 0 Å². The average Bonchev–Trinajstić information content (AvgIpc) is 2.07. The van der Waals surface area contributed by atoms with E-state index in [4.69, 9.17) is 4.74 Å². The number of ether oxygens (including phenoxy) is 1. The predicted octanol–water partition coefficient (Wildman–Crippen LogP) is 1.33. The van der Waals surface area contributed by atoms with Gasteiger partial charge in [0, 0.05) is 13.7 Å². The topological polar surface area (TPSA) is 38.3 Å². The van der Waals surface area contributed by atoms with Crippen molar-refractivity contribution in [3.8, 4) is 0 Å². The molecule has 0 aromatic rings. The van der Waals surface area contributed by atoms with Crippen LogP contribution in [0, 0.1) is 5.92 Å². The molecule has 0 saturated heterocycles. The molecule has 76 valence electrons. The van der Waals surface area contributed by atoms with Crippen molar-refractivity contribution in [2.24, 2.45) is 5.92 Å². The van der Waals surface area contributed by atoms with Crippen LogP contribution >= 0.6 is 0 Å². The summed E-state index contributed by atoms with van der Waals surface area (Å²) in [6.45, 7) is 2.57. The molecule has 1 atom stereocenters. The summed E-state index contributed by atoms with van der Waals surface area (Å²) in [6.07, 6.45) is 4.86. The van der Waals surface area contributed by atoms with E-state index in [0.717, 1.165) is 18.9 Å². The predicted molar refractivity (Wildman–Crippen MR) is 51.4 cm³/mol. The Labute approximate surface area is 79.8 Å². The van der Waals surface area contributed by atoms with Crippen molar-refractivity contribution >= 4 is 5.91 Å². The van der Waals surface area contributed by atoms with Gasteiger partial charge in [-0.05, 0) is 19.3 Å². The van der Waals surface area contributed by atoms with Gasteiger partial charge in [0.2, 0.25) is 5.91 Å². The highest BCUT2D eigenvalue weighted by Crippen LogP contribution is 2.28. The van der Waals surface area contributed by atoms with Crippen molar-refractivity contribution in [3.63, 3.8) is 0 Å². The Hall–Kier alpha value is -0.570. The molecule has 1 fully saturated rings. The minimum atomic E-state index is -0.318. The van der Waals surface area contributed by atoms with Gasteiger partial charge in [-0.15, -0.1) is 0 Å². The van der Waals surface area contributed by atoms with E-state index in [1.54, 1.807) is 14.0 Å². The van der Waals surface area contributed by atoms with Crippen LogP contribution in [0.1, 0.15) is 32.6 Å². The Morgan fingerprint density at radius 2 is 2.31 bits per heavy atom. The summed E-state index contributed by atoms with van der Waals surface area (Å²) in [6, 6.07) is 0. The van der Waals surface area contributed by atoms with Crippen LogP contribution < -0.4 is 5.32 Å². The van der Waals surface area contributed by atoms with Gasteiger partial charge in [0.15, 0.2) is 0 Å². The van der Waals surface area contributed by atoms with E-state index < -0.39 is 0 Å². The van der Waals surface area contributed by atoms with Crippen LogP contribution in [-0.2, 0) is 9.53 Å². The molecule has 1 N–H and O–H groups in total. The van der Waals surface area contributed by atoms with Crippen LogP contribution in [0.25, 0.3) is 0 Å². The Bertz CT molecular complexity index is 166. The number of carbonyl (C=O) groups is 1. The first-order valence-electron chi connectivity index (χ1n) is 5.04. The lowest BCUT2D eigenvalue weighted by atomic mass is 9.83. The van der Waals surface area contributed by atoms with Crippen LogP contribution in [0.4, 0.5) is 0 Å². The molecule has 0 spiro atoms. The number of nitrogens with one attached hydrogen (secondary N) is 1. The quantitative estimate of drug-likeness (QED) is 0.701. The lowest BCUT2D eigenvalue weighted by molar-refractivity contribution is -0.130. The fourth-order valence-corrected chi connectivity index (χ4v) is 1.43. The molecule has 1 saturated carbocycles. The van der Waals surface area contributed by atoms with Crippen molar-refractivity contribution in [1.82, 2.24) is 5.32 Å². The summed E-state index contributed by atoms with van der Waals surface area (Å²) in [5.74, 6) is 0.861. The Balaban J connectivity index is 2.00. The van der Waals surface area contributed by atoms with Crippen molar-refractivity contribution in [3.05, 3.63) is 0 Å². The molecule has 0 radical (unpaired) electrons. The average molecular weight is 185 g/mol. The molecule has 13 heavy (non-hydrogen) atoms. The van der Waals surface area contributed by atoms with Gasteiger partial charge in [-0.25, -0.2) is 0 Å². The van der Waals surface area contributed by atoms with Crippen LogP contribution in [0.3, 0.4) is 0 Å². The third-order valence-electron chi connectivity index (χ3n) is 2.80. The zero-order valence-corrected chi connectivity index (χ0v) is 8.51. The van der Waals surface area contributed by atoms with Gasteiger partial charge in [-0.1, -0.05) is 19.3 Å². The van der Waals surface area contributed by atoms with Crippen molar-refractivity contribution in [2.75, 3.05) is 13.7 Å². The number of hydrogen-bond acceptors (Lipinski definition) is 2. The molecular weight excluding hydrogens is 166 g/mol. The van der Waals surface area contributed by atoms with Crippen molar-refractivity contribution in [2.45, 2.75) is 38.7 Å². The maximum Gasteiger partial charge on any atom is 0.248 e. The summed E-state index contributed by atoms with van der Waals surface area (Å²) >= 11 is 0. The smallest absolute Gasteiger partial charge is 0.248 e. The first-order valence-corrected chi connectivity index (χ1v) is 5.04. The molecule has 0 bridgehead atoms. The monoisotopic (exact) mass is 185 g/mol. The zero-order chi connectivity index (χ0) is 9.68. The minimum absolute atomic E-state index is 0.00169. The van der Waals surface area contributed by atoms with Crippen LogP contribution in [0.5, 0.6) is 0 Å². The number of methoxy groups -OCH3 is 1. The lowest BCUT2D eigenvalue weighted by Crippen LogP contribution is -2.35. The summed E-state index contributed by atoms with van der Waals surface area (Å²) < 4.78 is 4.90. The van der Waals surface area contributed by atoms with Gasteiger partial charge >= 0.3 is 0 Å². The number of amides is 1. The van der Waals surface area contributed by atoms with Crippen LogP contribution in [-0.4, -0.2) is 25.7 Å². The van der Waals surface area contributed by atoms with E-state index >= 15 is 0 Å². The lowest BCUT2D eigenvalue weighted by Gasteiger charge is -2.25. The summed E-state index contributed by atoms with van der Waals surface area (Å²) in [5.41, 5.74) is 0. The standard InChI is InChI=1S/C10H19NO2/c1-8(13-2)10(12)11-7-6-9-4-3-5-9/h8-9H,3-7H2,1-2H3,(H,11,12). The van der Waals surface area contributed by atoms with Gasteiger partial charge in [-0.2, -0.15) is 0 Å². The van der Waals surface area contributed by atoms with Gasteiger partial charge in [-0.3, -0.25) is 4.79 Å². The Morgan fingerprint density at radius 3 is 2.77 bits per heavy atom. The van der Waals surface area contributed by atoms with Crippen molar-refractivity contribution < 1.29 is 9.53 Å². The molecule has 1 rings (SSSR count). The summed E-state index contributed by atoms with van der Waals surface area (Å²) in [4.78, 5) is 11.2. The second kappa shape index (κ2) is 5.22. The van der Waals surface area contributed by atoms with E-state index in [9.17, 15) is 4.79 Å². The maximum atomic E-state index is 11.2. The minimum Gasteiger partial charge on any atom is -0.372 e. The first kappa shape index (κ1) is 10.5. The molecule has 3 heteroatoms. The molecule has 1 aliphatic rings. The van der Waals surface area contributed by atoms with E-state index in [1.165, 1.54) is 19.3 Å². The highest BCUT2D eigenvalue weighted by molar-refractivity contribution is 5.80. The molecule has 1 aliphatic carbocycles. The first-order chi connectivity index (χ1) is 6.24. The fourth-order valence-electron chi connectivity index (χ4n) is 1.43. The van der Waals surface area contributed by atoms with Crippen LogP contribution in [0.15, 0.2) is 0 Å². The third kappa shape index (κ3) is 3.35. The molecule has 0 aromatic carbocycles. The number of carbonyl (C=O) groups excluding carboxylic acids is 1. The molecule has 1 amide bonds. The SMILES string of the molecule is COC(C)C(=O)NCCC1CCC1. The molecule has 0 aliphatic heterocycles. The largest absolute Gasteiger partial charge is 0.372 e. The second-order valence-corrected chi connectivity index (χ2v) is 3.75. The van der Waals surface area contributed by atoms with Gasteiger partial charge < -0.3 is 10.1 Å². The Kier molecular flexibility index (Phi) is 4.22. The molecular formula is C10H19NO2. The highest BCUT2D eigenvalue weighted by atomic mass is 16.5. The number of rotatable bonds is 5. The highest BCUT2D eigenvalue weighted by Gasteiger charge is 2.17. The number of hydrogen-bond donors (Lipinski definition) is 1. The molecule has 3 nitrogen and oxygen atoms in total.